The van der Waals surface area contributed by atoms with Gasteiger partial charge in [0.15, 0.2) is 21.3 Å². The van der Waals surface area contributed by atoms with Crippen molar-refractivity contribution in [2.45, 2.75) is 31.3 Å². The molecule has 0 aliphatic carbocycles. The molecule has 3 aromatic heterocycles. The van der Waals surface area contributed by atoms with E-state index in [4.69, 9.17) is 4.74 Å². The molecule has 31 heavy (non-hydrogen) atoms. The number of hydrogen-bond donors (Lipinski definition) is 0. The summed E-state index contributed by atoms with van der Waals surface area (Å²) in [7, 11) is -2.38. The van der Waals surface area contributed by atoms with Crippen LogP contribution >= 0.6 is 0 Å². The van der Waals surface area contributed by atoms with Crippen LogP contribution in [-0.2, 0) is 27.8 Å². The molecule has 0 aliphatic heterocycles. The molecule has 0 unspecified atom stereocenters. The van der Waals surface area contributed by atoms with Crippen molar-refractivity contribution in [3.05, 3.63) is 35.7 Å². The number of halogens is 3. The van der Waals surface area contributed by atoms with Crippen LogP contribution in [0.1, 0.15) is 36.2 Å². The normalized spacial score (nSPS) is 12.3. The summed E-state index contributed by atoms with van der Waals surface area (Å²) < 4.78 is 70.8. The van der Waals surface area contributed by atoms with Crippen LogP contribution in [0.15, 0.2) is 29.4 Å². The smallest absolute Gasteiger partial charge is 0.417 e. The van der Waals surface area contributed by atoms with Crippen LogP contribution in [0.4, 0.5) is 13.2 Å². The summed E-state index contributed by atoms with van der Waals surface area (Å²) in [6, 6.07) is 1.98. The number of aryl methyl sites for hydroxylation is 1. The zero-order valence-electron chi connectivity index (χ0n) is 16.9. The number of esters is 1. The van der Waals surface area contributed by atoms with Crippen molar-refractivity contribution in [1.29, 1.82) is 0 Å². The van der Waals surface area contributed by atoms with E-state index in [1.165, 1.54) is 18.5 Å². The summed E-state index contributed by atoms with van der Waals surface area (Å²) in [6.45, 7) is 3.40. The number of rotatable bonds is 6. The van der Waals surface area contributed by atoms with Crippen LogP contribution in [0.3, 0.4) is 0 Å². The van der Waals surface area contributed by atoms with Gasteiger partial charge in [-0.05, 0) is 18.6 Å². The first-order chi connectivity index (χ1) is 14.5. The molecule has 0 bridgehead atoms. The predicted molar refractivity (Wildman–Crippen MR) is 105 cm³/mol. The van der Waals surface area contributed by atoms with Crippen molar-refractivity contribution in [2.75, 3.05) is 12.4 Å². The topological polar surface area (TPSA) is 104 Å². The SMILES string of the molecule is CCCOC(=O)c1cnc(-c2nc3cc(C(F)(F)F)cnc3n2C)c(S(=O)(=O)CC)c1. The minimum atomic E-state index is -4.60. The first kappa shape index (κ1) is 22.7. The summed E-state index contributed by atoms with van der Waals surface area (Å²) in [6.07, 6.45) is -2.19. The molecule has 0 radical (unpaired) electrons. The number of sulfone groups is 1. The minimum absolute atomic E-state index is 0.00215. The molecule has 0 atom stereocenters. The molecule has 0 N–H and O–H groups in total. The van der Waals surface area contributed by atoms with Crippen LogP contribution in [-0.4, -0.2) is 46.3 Å². The second kappa shape index (κ2) is 8.25. The van der Waals surface area contributed by atoms with E-state index in [9.17, 15) is 26.4 Å². The van der Waals surface area contributed by atoms with E-state index in [2.05, 4.69) is 15.0 Å². The fourth-order valence-corrected chi connectivity index (χ4v) is 3.89. The summed E-state index contributed by atoms with van der Waals surface area (Å²) in [4.78, 5) is 24.0. The third-order valence-electron chi connectivity index (χ3n) is 4.49. The van der Waals surface area contributed by atoms with Crippen LogP contribution in [0.25, 0.3) is 22.7 Å². The van der Waals surface area contributed by atoms with Gasteiger partial charge < -0.3 is 9.30 Å². The van der Waals surface area contributed by atoms with E-state index in [-0.39, 0.29) is 45.5 Å². The van der Waals surface area contributed by atoms with Gasteiger partial charge in [0, 0.05) is 19.4 Å². The summed E-state index contributed by atoms with van der Waals surface area (Å²) >= 11 is 0. The highest BCUT2D eigenvalue weighted by molar-refractivity contribution is 7.91. The molecule has 0 fully saturated rings. The number of fused-ring (bicyclic) bond motifs is 1. The van der Waals surface area contributed by atoms with E-state index >= 15 is 0 Å². The third kappa shape index (κ3) is 4.38. The highest BCUT2D eigenvalue weighted by Gasteiger charge is 2.32. The number of alkyl halides is 3. The Labute approximate surface area is 176 Å². The Kier molecular flexibility index (Phi) is 6.03. The molecule has 0 spiro atoms. The van der Waals surface area contributed by atoms with E-state index in [0.717, 1.165) is 18.3 Å². The lowest BCUT2D eigenvalue weighted by Crippen LogP contribution is -2.13. The van der Waals surface area contributed by atoms with Crippen molar-refractivity contribution in [3.63, 3.8) is 0 Å². The molecule has 0 saturated carbocycles. The lowest BCUT2D eigenvalue weighted by atomic mass is 10.2. The van der Waals surface area contributed by atoms with Crippen molar-refractivity contribution in [3.8, 4) is 11.5 Å². The van der Waals surface area contributed by atoms with E-state index in [1.807, 2.05) is 6.92 Å². The van der Waals surface area contributed by atoms with Gasteiger partial charge in [-0.3, -0.25) is 4.98 Å². The highest BCUT2D eigenvalue weighted by atomic mass is 32.2. The Bertz CT molecular complexity index is 1250. The second-order valence-corrected chi connectivity index (χ2v) is 8.92. The molecule has 8 nitrogen and oxygen atoms in total. The first-order valence-electron chi connectivity index (χ1n) is 9.29. The number of carbonyl (C=O) groups is 1. The summed E-state index contributed by atoms with van der Waals surface area (Å²) in [5.41, 5.74) is -1.08. The third-order valence-corrected chi connectivity index (χ3v) is 6.23. The number of carbonyl (C=O) groups excluding carboxylic acids is 1. The second-order valence-electron chi connectivity index (χ2n) is 6.67. The number of aromatic nitrogens is 4. The lowest BCUT2D eigenvalue weighted by molar-refractivity contribution is -0.137. The molecule has 0 aliphatic rings. The predicted octanol–water partition coefficient (Wildman–Crippen LogP) is 3.41. The van der Waals surface area contributed by atoms with E-state index < -0.39 is 27.5 Å². The largest absolute Gasteiger partial charge is 0.462 e. The molecular formula is C19H19F3N4O4S. The number of pyridine rings is 2. The quantitative estimate of drug-likeness (QED) is 0.524. The van der Waals surface area contributed by atoms with E-state index in [0.29, 0.717) is 12.6 Å². The van der Waals surface area contributed by atoms with Crippen LogP contribution in [0.2, 0.25) is 0 Å². The van der Waals surface area contributed by atoms with Gasteiger partial charge in [0.1, 0.15) is 11.2 Å². The Morgan fingerprint density at radius 2 is 1.87 bits per heavy atom. The number of imidazole rings is 1. The van der Waals surface area contributed by atoms with Gasteiger partial charge in [0.2, 0.25) is 0 Å². The Morgan fingerprint density at radius 3 is 2.48 bits per heavy atom. The van der Waals surface area contributed by atoms with E-state index in [1.54, 1.807) is 0 Å². The molecule has 0 saturated heterocycles. The van der Waals surface area contributed by atoms with Gasteiger partial charge in [-0.1, -0.05) is 13.8 Å². The minimum Gasteiger partial charge on any atom is -0.462 e. The molecule has 3 heterocycles. The summed E-state index contributed by atoms with van der Waals surface area (Å²) in [5.74, 6) is -1.01. The fourth-order valence-electron chi connectivity index (χ4n) is 2.84. The van der Waals surface area contributed by atoms with Crippen LogP contribution < -0.4 is 0 Å². The van der Waals surface area contributed by atoms with Crippen molar-refractivity contribution in [1.82, 2.24) is 19.5 Å². The number of ether oxygens (including phenoxy) is 1. The molecule has 166 valence electrons. The molecule has 3 aromatic rings. The maximum absolute atomic E-state index is 13.0. The van der Waals surface area contributed by atoms with Crippen molar-refractivity contribution in [2.24, 2.45) is 7.05 Å². The Balaban J connectivity index is 2.20. The van der Waals surface area contributed by atoms with Gasteiger partial charge in [0.05, 0.1) is 28.4 Å². The number of hydrogen-bond acceptors (Lipinski definition) is 7. The van der Waals surface area contributed by atoms with Crippen molar-refractivity contribution >= 4 is 27.0 Å². The standard InChI is InChI=1S/C19H19F3N4O4S/c1-4-6-30-18(27)11-7-14(31(28,29)5-2)15(23-9-11)17-25-13-8-12(19(20,21)22)10-24-16(13)26(17)3/h7-10H,4-6H2,1-3H3. The molecule has 0 aromatic carbocycles. The zero-order valence-corrected chi connectivity index (χ0v) is 17.7. The lowest BCUT2D eigenvalue weighted by Gasteiger charge is -2.11. The first-order valence-corrected chi connectivity index (χ1v) is 10.9. The van der Waals surface area contributed by atoms with Gasteiger partial charge in [-0.25, -0.2) is 23.2 Å². The Hall–Kier alpha value is -3.02. The maximum Gasteiger partial charge on any atom is 0.417 e. The molecule has 12 heteroatoms. The monoisotopic (exact) mass is 456 g/mol. The molecule has 3 rings (SSSR count). The summed E-state index contributed by atoms with van der Waals surface area (Å²) in [5, 5.41) is 0. The zero-order chi connectivity index (χ0) is 23.0. The van der Waals surface area contributed by atoms with Crippen LogP contribution in [0.5, 0.6) is 0 Å². The number of nitrogens with zero attached hydrogens (tertiary/aromatic N) is 4. The van der Waals surface area contributed by atoms with Gasteiger partial charge >= 0.3 is 12.1 Å². The average Bonchev–Trinajstić information content (AvgIpc) is 3.06. The van der Waals surface area contributed by atoms with Gasteiger partial charge in [-0.2, -0.15) is 13.2 Å². The van der Waals surface area contributed by atoms with Gasteiger partial charge in [0.25, 0.3) is 0 Å². The van der Waals surface area contributed by atoms with Crippen LogP contribution in [0, 0.1) is 0 Å². The average molecular weight is 456 g/mol. The fraction of sp³-hybridized carbons (Fsp3) is 0.368. The molecular weight excluding hydrogens is 437 g/mol. The Morgan fingerprint density at radius 1 is 1.16 bits per heavy atom. The van der Waals surface area contributed by atoms with Crippen molar-refractivity contribution < 1.29 is 31.1 Å². The maximum atomic E-state index is 13.0. The van der Waals surface area contributed by atoms with Gasteiger partial charge in [-0.15, -0.1) is 0 Å². The highest BCUT2D eigenvalue weighted by Crippen LogP contribution is 2.32. The molecule has 0 amide bonds.